The first-order chi connectivity index (χ1) is 5.54. The predicted octanol–water partition coefficient (Wildman–Crippen LogP) is 1.12. The Bertz CT molecular complexity index is 200. The molecule has 3 nitrogen and oxygen atoms in total. The van der Waals surface area contributed by atoms with Crippen molar-refractivity contribution < 1.29 is 5.11 Å². The van der Waals surface area contributed by atoms with Gasteiger partial charge in [0.25, 0.3) is 0 Å². The highest BCUT2D eigenvalue weighted by molar-refractivity contribution is 5.29. The van der Waals surface area contributed by atoms with E-state index in [0.29, 0.717) is 5.75 Å². The van der Waals surface area contributed by atoms with Crippen molar-refractivity contribution >= 4 is 0 Å². The van der Waals surface area contributed by atoms with E-state index in [4.69, 9.17) is 10.9 Å². The number of nitrogens with two attached hydrogens (primary N) is 1. The van der Waals surface area contributed by atoms with E-state index in [2.05, 4.69) is 0 Å². The number of benzene rings is 1. The molecule has 1 aromatic carbocycles. The van der Waals surface area contributed by atoms with Gasteiger partial charge in [-0.25, -0.2) is 0 Å². The van der Waals surface area contributed by atoms with Crippen LogP contribution in [0.1, 0.15) is 5.56 Å². The molecule has 0 saturated heterocycles. The fourth-order valence-corrected chi connectivity index (χ4v) is 0.563. The van der Waals surface area contributed by atoms with Crippen molar-refractivity contribution in [2.45, 2.75) is 6.92 Å². The Kier molecular flexibility index (Phi) is 5.08. The standard InChI is InChI=1S/C7H8O.C2H8N2/c1-6-4-2-3-5-7(6)8;1-4(2)3/h2-5,8H,1H3;3H2,1-2H3. The lowest BCUT2D eigenvalue weighted by molar-refractivity contribution is 0.432. The van der Waals surface area contributed by atoms with E-state index >= 15 is 0 Å². The zero-order valence-electron chi connectivity index (χ0n) is 7.78. The molecule has 0 heterocycles. The van der Waals surface area contributed by atoms with Crippen LogP contribution in [0.25, 0.3) is 0 Å². The maximum absolute atomic E-state index is 8.92. The summed E-state index contributed by atoms with van der Waals surface area (Å²) >= 11 is 0. The number of hydrogen-bond donors (Lipinski definition) is 2. The van der Waals surface area contributed by atoms with Crippen LogP contribution in [0, 0.1) is 6.92 Å². The number of aryl methyl sites for hydroxylation is 1. The molecule has 0 aliphatic rings. The Morgan fingerprint density at radius 2 is 1.67 bits per heavy atom. The van der Waals surface area contributed by atoms with Crippen LogP contribution in [-0.2, 0) is 0 Å². The van der Waals surface area contributed by atoms with Crippen LogP contribution < -0.4 is 5.84 Å². The molecule has 0 aliphatic heterocycles. The number of hydrazine groups is 1. The van der Waals surface area contributed by atoms with Gasteiger partial charge in [0.1, 0.15) is 5.75 Å². The summed E-state index contributed by atoms with van der Waals surface area (Å²) in [5, 5.41) is 10.4. The topological polar surface area (TPSA) is 49.5 Å². The number of aromatic hydroxyl groups is 1. The summed E-state index contributed by atoms with van der Waals surface area (Å²) in [4.78, 5) is 0. The van der Waals surface area contributed by atoms with Gasteiger partial charge in [0.05, 0.1) is 0 Å². The Balaban J connectivity index is 0.000000261. The largest absolute Gasteiger partial charge is 0.508 e. The van der Waals surface area contributed by atoms with Crippen molar-refractivity contribution in [1.82, 2.24) is 5.01 Å². The Hall–Kier alpha value is -1.06. The summed E-state index contributed by atoms with van der Waals surface area (Å²) in [7, 11) is 3.56. The van der Waals surface area contributed by atoms with Gasteiger partial charge in [-0.3, -0.25) is 10.9 Å². The van der Waals surface area contributed by atoms with Gasteiger partial charge in [-0.05, 0) is 18.6 Å². The molecule has 0 unspecified atom stereocenters. The van der Waals surface area contributed by atoms with Gasteiger partial charge in [-0.1, -0.05) is 18.2 Å². The number of phenolic OH excluding ortho intramolecular Hbond substituents is 1. The van der Waals surface area contributed by atoms with Crippen LogP contribution >= 0.6 is 0 Å². The maximum Gasteiger partial charge on any atom is 0.118 e. The molecule has 0 spiro atoms. The predicted molar refractivity (Wildman–Crippen MR) is 50.7 cm³/mol. The first kappa shape index (κ1) is 10.9. The molecule has 68 valence electrons. The lowest BCUT2D eigenvalue weighted by atomic mass is 10.2. The van der Waals surface area contributed by atoms with Crippen molar-refractivity contribution in [1.29, 1.82) is 0 Å². The third kappa shape index (κ3) is 5.70. The van der Waals surface area contributed by atoms with E-state index < -0.39 is 0 Å². The molecule has 0 bridgehead atoms. The van der Waals surface area contributed by atoms with Crippen molar-refractivity contribution in [3.8, 4) is 5.75 Å². The third-order valence-corrected chi connectivity index (χ3v) is 1.12. The van der Waals surface area contributed by atoms with Gasteiger partial charge < -0.3 is 5.11 Å². The van der Waals surface area contributed by atoms with Crippen LogP contribution in [-0.4, -0.2) is 24.2 Å². The molecule has 0 aromatic heterocycles. The molecule has 3 heteroatoms. The smallest absolute Gasteiger partial charge is 0.118 e. The number of hydrogen-bond acceptors (Lipinski definition) is 3. The molecular weight excluding hydrogens is 152 g/mol. The number of para-hydroxylation sites is 1. The van der Waals surface area contributed by atoms with Gasteiger partial charge in [0.15, 0.2) is 0 Å². The number of phenols is 1. The molecule has 0 atom stereocenters. The Labute approximate surface area is 73.4 Å². The quantitative estimate of drug-likeness (QED) is 0.451. The van der Waals surface area contributed by atoms with Crippen LogP contribution in [0.2, 0.25) is 0 Å². The number of nitrogens with zero attached hydrogens (tertiary/aromatic N) is 1. The van der Waals surface area contributed by atoms with E-state index in [9.17, 15) is 0 Å². The van der Waals surface area contributed by atoms with Gasteiger partial charge in [-0.2, -0.15) is 0 Å². The zero-order valence-corrected chi connectivity index (χ0v) is 7.78. The van der Waals surface area contributed by atoms with E-state index in [0.717, 1.165) is 5.56 Å². The Morgan fingerprint density at radius 3 is 1.92 bits per heavy atom. The summed E-state index contributed by atoms with van der Waals surface area (Å²) in [5.74, 6) is 5.31. The second-order valence-corrected chi connectivity index (χ2v) is 2.75. The lowest BCUT2D eigenvalue weighted by Crippen LogP contribution is -2.18. The SMILES string of the molecule is CN(C)N.Cc1ccccc1O. The van der Waals surface area contributed by atoms with Crippen LogP contribution in [0.3, 0.4) is 0 Å². The van der Waals surface area contributed by atoms with E-state index in [1.807, 2.05) is 25.1 Å². The molecular formula is C9H16N2O. The van der Waals surface area contributed by atoms with Crippen molar-refractivity contribution in [3.05, 3.63) is 29.8 Å². The summed E-state index contributed by atoms with van der Waals surface area (Å²) in [6.07, 6.45) is 0. The van der Waals surface area contributed by atoms with E-state index in [1.54, 1.807) is 20.2 Å². The molecule has 12 heavy (non-hydrogen) atoms. The Morgan fingerprint density at radius 1 is 1.25 bits per heavy atom. The molecule has 0 amide bonds. The molecule has 1 rings (SSSR count). The average molecular weight is 168 g/mol. The van der Waals surface area contributed by atoms with Crippen molar-refractivity contribution in [2.75, 3.05) is 14.1 Å². The fourth-order valence-electron chi connectivity index (χ4n) is 0.563. The molecule has 0 aliphatic carbocycles. The van der Waals surface area contributed by atoms with Gasteiger partial charge in [-0.15, -0.1) is 0 Å². The van der Waals surface area contributed by atoms with Gasteiger partial charge >= 0.3 is 0 Å². The minimum atomic E-state index is 0.368. The lowest BCUT2D eigenvalue weighted by Gasteiger charge is -1.92. The molecule has 0 fully saturated rings. The van der Waals surface area contributed by atoms with Crippen molar-refractivity contribution in [3.63, 3.8) is 0 Å². The van der Waals surface area contributed by atoms with Crippen LogP contribution in [0.4, 0.5) is 0 Å². The first-order valence-electron chi connectivity index (χ1n) is 3.70. The van der Waals surface area contributed by atoms with Crippen LogP contribution in [0.15, 0.2) is 24.3 Å². The van der Waals surface area contributed by atoms with Crippen molar-refractivity contribution in [2.24, 2.45) is 5.84 Å². The minimum Gasteiger partial charge on any atom is -0.508 e. The summed E-state index contributed by atoms with van der Waals surface area (Å²) in [6.45, 7) is 1.87. The van der Waals surface area contributed by atoms with Gasteiger partial charge in [0, 0.05) is 14.1 Å². The summed E-state index contributed by atoms with van der Waals surface area (Å²) in [6, 6.07) is 7.25. The second kappa shape index (κ2) is 5.57. The monoisotopic (exact) mass is 168 g/mol. The highest BCUT2D eigenvalue weighted by atomic mass is 16.3. The summed E-state index contributed by atoms with van der Waals surface area (Å²) in [5.41, 5.74) is 0.924. The highest BCUT2D eigenvalue weighted by Gasteiger charge is 1.86. The zero-order chi connectivity index (χ0) is 9.56. The second-order valence-electron chi connectivity index (χ2n) is 2.75. The minimum absolute atomic E-state index is 0.368. The van der Waals surface area contributed by atoms with E-state index in [1.165, 1.54) is 5.01 Å². The molecule has 0 saturated carbocycles. The summed E-state index contributed by atoms with van der Waals surface area (Å²) < 4.78 is 0. The third-order valence-electron chi connectivity index (χ3n) is 1.12. The highest BCUT2D eigenvalue weighted by Crippen LogP contribution is 2.12. The maximum atomic E-state index is 8.92. The van der Waals surface area contributed by atoms with E-state index in [-0.39, 0.29) is 0 Å². The molecule has 1 aromatic rings. The fraction of sp³-hybridized carbons (Fsp3) is 0.333. The average Bonchev–Trinajstić information content (AvgIpc) is 1.94. The molecule has 0 radical (unpaired) electrons. The normalized spacial score (nSPS) is 9.08. The molecule has 3 N–H and O–H groups in total. The van der Waals surface area contributed by atoms with Gasteiger partial charge in [0.2, 0.25) is 0 Å². The number of rotatable bonds is 0. The van der Waals surface area contributed by atoms with Crippen LogP contribution in [0.5, 0.6) is 5.75 Å². The first-order valence-corrected chi connectivity index (χ1v) is 3.70.